The highest BCUT2D eigenvalue weighted by atomic mass is 31.2. The molecule has 0 rings (SSSR count). The fourth-order valence-electron chi connectivity index (χ4n) is 7.30. The molecule has 3 unspecified atom stereocenters. The molecule has 0 radical (unpaired) electrons. The van der Waals surface area contributed by atoms with E-state index in [1.807, 2.05) is 27.2 Å². The Morgan fingerprint density at radius 1 is 0.562 bits per heavy atom. The Bertz CT molecular complexity index is 1270. The van der Waals surface area contributed by atoms with Crippen molar-refractivity contribution in [3.8, 4) is 0 Å². The Kier molecular flexibility index (Phi) is 44.6. The van der Waals surface area contributed by atoms with Crippen molar-refractivity contribution in [2.24, 2.45) is 0 Å². The molecular formula is C55H101N2O6P. The van der Waals surface area contributed by atoms with Gasteiger partial charge >= 0.3 is 0 Å². The van der Waals surface area contributed by atoms with Crippen LogP contribution in [0.3, 0.4) is 0 Å². The highest BCUT2D eigenvalue weighted by Gasteiger charge is 2.23. The molecule has 0 bridgehead atoms. The van der Waals surface area contributed by atoms with E-state index in [1.165, 1.54) is 122 Å². The molecule has 9 heteroatoms. The number of phosphoric ester groups is 1. The Morgan fingerprint density at radius 3 is 1.39 bits per heavy atom. The quantitative estimate of drug-likeness (QED) is 0.0272. The van der Waals surface area contributed by atoms with Gasteiger partial charge in [-0.1, -0.05) is 222 Å². The van der Waals surface area contributed by atoms with Crippen molar-refractivity contribution in [3.63, 3.8) is 0 Å². The van der Waals surface area contributed by atoms with Gasteiger partial charge in [0, 0.05) is 6.42 Å². The van der Waals surface area contributed by atoms with Crippen LogP contribution in [0.2, 0.25) is 0 Å². The van der Waals surface area contributed by atoms with E-state index in [0.717, 1.165) is 70.6 Å². The topological polar surface area (TPSA) is 108 Å². The molecule has 0 aromatic heterocycles. The molecule has 0 saturated carbocycles. The summed E-state index contributed by atoms with van der Waals surface area (Å²) in [6, 6.07) is -0.908. The predicted molar refractivity (Wildman–Crippen MR) is 274 cm³/mol. The van der Waals surface area contributed by atoms with Crippen LogP contribution in [0.25, 0.3) is 0 Å². The monoisotopic (exact) mass is 917 g/mol. The van der Waals surface area contributed by atoms with Gasteiger partial charge in [0.25, 0.3) is 7.82 Å². The number of hydrogen-bond donors (Lipinski definition) is 2. The third kappa shape index (κ3) is 47.9. The molecule has 0 aliphatic carbocycles. The van der Waals surface area contributed by atoms with Crippen molar-refractivity contribution < 1.29 is 32.9 Å². The maximum atomic E-state index is 12.9. The molecule has 0 aliphatic heterocycles. The Hall–Kier alpha value is -2.06. The molecule has 64 heavy (non-hydrogen) atoms. The largest absolute Gasteiger partial charge is 0.756 e. The lowest BCUT2D eigenvalue weighted by Gasteiger charge is -2.29. The molecule has 0 aromatic carbocycles. The van der Waals surface area contributed by atoms with Crippen LogP contribution in [0.5, 0.6) is 0 Å². The van der Waals surface area contributed by atoms with Gasteiger partial charge in [-0.25, -0.2) is 0 Å². The van der Waals surface area contributed by atoms with Crippen LogP contribution >= 0.6 is 7.82 Å². The summed E-state index contributed by atoms with van der Waals surface area (Å²) in [5.74, 6) is -0.230. The number of hydrogen-bond acceptors (Lipinski definition) is 6. The van der Waals surface area contributed by atoms with Crippen LogP contribution in [-0.4, -0.2) is 68.5 Å². The Morgan fingerprint density at radius 2 is 0.953 bits per heavy atom. The second kappa shape index (κ2) is 46.1. The smallest absolute Gasteiger partial charge is 0.268 e. The molecule has 8 nitrogen and oxygen atoms in total. The lowest BCUT2D eigenvalue weighted by Crippen LogP contribution is -2.45. The molecule has 0 aliphatic rings. The maximum absolute atomic E-state index is 12.9. The third-order valence-electron chi connectivity index (χ3n) is 11.4. The fourth-order valence-corrected chi connectivity index (χ4v) is 8.02. The van der Waals surface area contributed by atoms with E-state index < -0.39 is 26.6 Å². The third-order valence-corrected chi connectivity index (χ3v) is 12.4. The minimum atomic E-state index is -4.61. The Balaban J connectivity index is 4.36. The molecule has 372 valence electrons. The molecule has 0 heterocycles. The lowest BCUT2D eigenvalue weighted by molar-refractivity contribution is -0.870. The molecule has 0 aromatic rings. The minimum absolute atomic E-state index is 0.0110. The zero-order valence-electron chi connectivity index (χ0n) is 42.2. The number of rotatable bonds is 47. The summed E-state index contributed by atoms with van der Waals surface area (Å²) in [6.45, 7) is 4.51. The average Bonchev–Trinajstić information content (AvgIpc) is 3.25. The molecule has 1 amide bonds. The van der Waals surface area contributed by atoms with Crippen LogP contribution in [0.15, 0.2) is 72.9 Å². The number of likely N-dealkylation sites (N-methyl/N-ethyl adjacent to an activating group) is 1. The molecule has 0 saturated heterocycles. The number of carbonyl (C=O) groups is 1. The number of nitrogens with one attached hydrogen (secondary N) is 1. The first-order valence-corrected chi connectivity index (χ1v) is 27.8. The van der Waals surface area contributed by atoms with Gasteiger partial charge < -0.3 is 28.8 Å². The van der Waals surface area contributed by atoms with Gasteiger partial charge in [0.15, 0.2) is 0 Å². The summed E-state index contributed by atoms with van der Waals surface area (Å²) in [5.41, 5.74) is 0. The van der Waals surface area contributed by atoms with E-state index in [-0.39, 0.29) is 12.5 Å². The first-order chi connectivity index (χ1) is 31.0. The van der Waals surface area contributed by atoms with E-state index in [0.29, 0.717) is 23.9 Å². The summed E-state index contributed by atoms with van der Waals surface area (Å²) in [5, 5.41) is 13.8. The normalized spacial score (nSPS) is 14.7. The Labute approximate surface area is 395 Å². The highest BCUT2D eigenvalue weighted by Crippen LogP contribution is 2.38. The number of nitrogens with zero attached hydrogens (tertiary/aromatic N) is 1. The number of phosphoric acid groups is 1. The number of aliphatic hydroxyl groups is 1. The molecule has 3 atom stereocenters. The maximum Gasteiger partial charge on any atom is 0.268 e. The molecule has 2 N–H and O–H groups in total. The van der Waals surface area contributed by atoms with Crippen LogP contribution in [0.1, 0.15) is 219 Å². The van der Waals surface area contributed by atoms with Gasteiger partial charge in [-0.05, 0) is 64.2 Å². The number of quaternary nitrogens is 1. The standard InChI is InChI=1S/C55H101N2O6P/c1-6-8-10-12-14-16-18-20-22-24-26-27-28-29-31-32-34-36-38-40-42-44-46-48-54(58)53(52-63-64(60,61)62-51-50-57(3,4)5)56-55(59)49-47-45-43-41-39-37-35-33-30-25-23-21-19-17-15-13-11-9-7-2/h9,11,15,17,21,23,30,33,37,39,46,48,53-54,58H,6-8,10,12-14,16,18-20,22,24-29,31-32,34-36,38,40-45,47,49-52H2,1-5H3,(H-,56,59,60,61)/b11-9-,17-15-,23-21-,33-30-,39-37-,48-46+. The summed E-state index contributed by atoms with van der Waals surface area (Å²) in [7, 11) is 1.23. The number of allylic oxidation sites excluding steroid dienone is 11. The van der Waals surface area contributed by atoms with Crippen LogP contribution in [-0.2, 0) is 18.4 Å². The lowest BCUT2D eigenvalue weighted by atomic mass is 10.0. The molecule has 0 fully saturated rings. The molecule has 0 spiro atoms. The van der Waals surface area contributed by atoms with Crippen molar-refractivity contribution in [2.45, 2.75) is 231 Å². The first-order valence-electron chi connectivity index (χ1n) is 26.3. The van der Waals surface area contributed by atoms with Gasteiger partial charge in [-0.2, -0.15) is 0 Å². The van der Waals surface area contributed by atoms with Crippen molar-refractivity contribution in [3.05, 3.63) is 72.9 Å². The van der Waals surface area contributed by atoms with E-state index in [2.05, 4.69) is 79.9 Å². The van der Waals surface area contributed by atoms with Gasteiger partial charge in [0.2, 0.25) is 5.91 Å². The van der Waals surface area contributed by atoms with E-state index in [1.54, 1.807) is 6.08 Å². The number of unbranched alkanes of at least 4 members (excludes halogenated alkanes) is 24. The van der Waals surface area contributed by atoms with Crippen molar-refractivity contribution in [1.82, 2.24) is 5.32 Å². The predicted octanol–water partition coefficient (Wildman–Crippen LogP) is 14.9. The zero-order chi connectivity index (χ0) is 47.1. The van der Waals surface area contributed by atoms with Crippen molar-refractivity contribution in [1.29, 1.82) is 0 Å². The summed E-state index contributed by atoms with van der Waals surface area (Å²) in [6.07, 6.45) is 62.5. The SMILES string of the molecule is CC/C=C\C/C=C\C/C=C\C/C=C\C/C=C\CCCCCC(=O)NC(COP(=O)([O-])OCC[N+](C)(C)C)C(O)/C=C/CCCCCCCCCCCCCCCCCCCCCCC. The minimum Gasteiger partial charge on any atom is -0.756 e. The fraction of sp³-hybridized carbons (Fsp3) is 0.764. The van der Waals surface area contributed by atoms with E-state index >= 15 is 0 Å². The summed E-state index contributed by atoms with van der Waals surface area (Å²) < 4.78 is 23.3. The van der Waals surface area contributed by atoms with Gasteiger partial charge in [-0.3, -0.25) is 9.36 Å². The van der Waals surface area contributed by atoms with Gasteiger partial charge in [-0.15, -0.1) is 0 Å². The van der Waals surface area contributed by atoms with E-state index in [9.17, 15) is 19.4 Å². The number of carbonyl (C=O) groups excluding carboxylic acids is 1. The van der Waals surface area contributed by atoms with Crippen LogP contribution < -0.4 is 10.2 Å². The van der Waals surface area contributed by atoms with Crippen molar-refractivity contribution >= 4 is 13.7 Å². The van der Waals surface area contributed by atoms with Crippen LogP contribution in [0, 0.1) is 0 Å². The number of aliphatic hydroxyl groups excluding tert-OH is 1. The second-order valence-corrected chi connectivity index (χ2v) is 20.3. The second-order valence-electron chi connectivity index (χ2n) is 18.9. The van der Waals surface area contributed by atoms with Crippen molar-refractivity contribution in [2.75, 3.05) is 40.9 Å². The average molecular weight is 917 g/mol. The molecular weight excluding hydrogens is 816 g/mol. The highest BCUT2D eigenvalue weighted by molar-refractivity contribution is 7.45. The van der Waals surface area contributed by atoms with E-state index in [4.69, 9.17) is 9.05 Å². The van der Waals surface area contributed by atoms with Gasteiger partial charge in [0.1, 0.15) is 13.2 Å². The van der Waals surface area contributed by atoms with Crippen LogP contribution in [0.4, 0.5) is 0 Å². The summed E-state index contributed by atoms with van der Waals surface area (Å²) >= 11 is 0. The number of amides is 1. The zero-order valence-corrected chi connectivity index (χ0v) is 43.1. The summed E-state index contributed by atoms with van der Waals surface area (Å²) in [4.78, 5) is 25.4. The van der Waals surface area contributed by atoms with Gasteiger partial charge in [0.05, 0.1) is 39.9 Å². The first kappa shape index (κ1) is 61.9.